The molecule has 1 amide bonds. The van der Waals surface area contributed by atoms with Gasteiger partial charge < -0.3 is 4.90 Å². The average molecular weight is 449 g/mol. The van der Waals surface area contributed by atoms with Crippen LogP contribution in [0.4, 0.5) is 11.4 Å². The van der Waals surface area contributed by atoms with Gasteiger partial charge in [0.2, 0.25) is 10.0 Å². The number of aryl methyl sites for hydroxylation is 2. The molecule has 0 aliphatic carbocycles. The maximum Gasteiger partial charge on any atom is 0.258 e. The average Bonchev–Trinajstić information content (AvgIpc) is 3.08. The van der Waals surface area contributed by atoms with E-state index in [1.54, 1.807) is 12.1 Å². The number of nitrogens with zero attached hydrogens (tertiary/aromatic N) is 2. The van der Waals surface area contributed by atoms with Crippen molar-refractivity contribution in [2.24, 2.45) is 0 Å². The minimum Gasteiger partial charge on any atom is -0.305 e. The van der Waals surface area contributed by atoms with Gasteiger partial charge in [-0.2, -0.15) is 0 Å². The van der Waals surface area contributed by atoms with Crippen molar-refractivity contribution in [3.8, 4) is 0 Å². The summed E-state index contributed by atoms with van der Waals surface area (Å²) in [4.78, 5) is 15.1. The summed E-state index contributed by atoms with van der Waals surface area (Å²) in [5, 5.41) is 0. The fourth-order valence-corrected chi connectivity index (χ4v) is 5.24. The molecule has 0 radical (unpaired) electrons. The van der Waals surface area contributed by atoms with E-state index in [1.807, 2.05) is 67.3 Å². The van der Waals surface area contributed by atoms with Crippen LogP contribution in [0.1, 0.15) is 39.5 Å². The smallest absolute Gasteiger partial charge is 0.258 e. The molecule has 4 rings (SSSR count). The van der Waals surface area contributed by atoms with Gasteiger partial charge in [-0.3, -0.25) is 9.10 Å². The number of carbonyl (C=O) groups excluding carboxylic acids is 1. The fraction of sp³-hybridized carbons (Fsp3) is 0.269. The van der Waals surface area contributed by atoms with Gasteiger partial charge in [0, 0.05) is 17.3 Å². The number of benzene rings is 3. The third-order valence-electron chi connectivity index (χ3n) is 5.99. The second-order valence-electron chi connectivity index (χ2n) is 8.61. The molecule has 3 aromatic rings. The monoisotopic (exact) mass is 448 g/mol. The van der Waals surface area contributed by atoms with Gasteiger partial charge in [0.1, 0.15) is 0 Å². The molecule has 0 bridgehead atoms. The molecular formula is C26H28N2O3S. The minimum absolute atomic E-state index is 0.0384. The predicted octanol–water partition coefficient (Wildman–Crippen LogP) is 4.86. The van der Waals surface area contributed by atoms with Crippen LogP contribution in [0.3, 0.4) is 0 Å². The molecular weight excluding hydrogens is 420 g/mol. The highest BCUT2D eigenvalue weighted by atomic mass is 32.2. The Morgan fingerprint density at radius 3 is 2.41 bits per heavy atom. The molecule has 1 unspecified atom stereocenters. The third-order valence-corrected chi connectivity index (χ3v) is 7.11. The highest BCUT2D eigenvalue weighted by Gasteiger charge is 2.31. The largest absolute Gasteiger partial charge is 0.305 e. The van der Waals surface area contributed by atoms with Crippen molar-refractivity contribution in [1.29, 1.82) is 0 Å². The van der Waals surface area contributed by atoms with Crippen molar-refractivity contribution >= 4 is 27.3 Å². The van der Waals surface area contributed by atoms with Gasteiger partial charge in [-0.25, -0.2) is 8.42 Å². The first-order chi connectivity index (χ1) is 15.1. The molecule has 0 saturated carbocycles. The number of para-hydroxylation sites is 1. The van der Waals surface area contributed by atoms with Gasteiger partial charge >= 0.3 is 0 Å². The molecule has 0 aromatic heterocycles. The molecule has 166 valence electrons. The van der Waals surface area contributed by atoms with Crippen LogP contribution in [-0.4, -0.2) is 26.6 Å². The van der Waals surface area contributed by atoms with Crippen LogP contribution in [0.2, 0.25) is 0 Å². The van der Waals surface area contributed by atoms with Crippen molar-refractivity contribution in [2.45, 2.75) is 39.8 Å². The Bertz CT molecular complexity index is 1270. The minimum atomic E-state index is -3.48. The number of fused-ring (bicyclic) bond motifs is 1. The van der Waals surface area contributed by atoms with Gasteiger partial charge in [-0.1, -0.05) is 42.5 Å². The van der Waals surface area contributed by atoms with Gasteiger partial charge in [0.25, 0.3) is 5.91 Å². The van der Waals surface area contributed by atoms with E-state index < -0.39 is 10.0 Å². The number of carbonyl (C=O) groups is 1. The molecule has 1 aliphatic rings. The summed E-state index contributed by atoms with van der Waals surface area (Å²) < 4.78 is 26.6. The Morgan fingerprint density at radius 1 is 1.03 bits per heavy atom. The summed E-state index contributed by atoms with van der Waals surface area (Å²) in [6, 6.07) is 21.1. The van der Waals surface area contributed by atoms with E-state index in [-0.39, 0.29) is 18.5 Å². The third kappa shape index (κ3) is 4.28. The summed E-state index contributed by atoms with van der Waals surface area (Å²) in [5.74, 6) is -0.0384. The van der Waals surface area contributed by atoms with E-state index in [1.165, 1.54) is 16.1 Å². The molecule has 0 saturated heterocycles. The second kappa shape index (κ2) is 8.43. The van der Waals surface area contributed by atoms with Crippen molar-refractivity contribution in [3.63, 3.8) is 0 Å². The van der Waals surface area contributed by atoms with Gasteiger partial charge in [-0.15, -0.1) is 0 Å². The van der Waals surface area contributed by atoms with Crippen LogP contribution >= 0.6 is 0 Å². The fourth-order valence-electron chi connectivity index (χ4n) is 4.30. The van der Waals surface area contributed by atoms with Gasteiger partial charge in [-0.05, 0) is 73.7 Å². The van der Waals surface area contributed by atoms with Crippen LogP contribution in [0.5, 0.6) is 0 Å². The van der Waals surface area contributed by atoms with E-state index in [0.29, 0.717) is 11.3 Å². The molecule has 5 nitrogen and oxygen atoms in total. The zero-order valence-corrected chi connectivity index (χ0v) is 19.7. The number of rotatable bonds is 5. The van der Waals surface area contributed by atoms with Crippen LogP contribution in [0.25, 0.3) is 0 Å². The van der Waals surface area contributed by atoms with Crippen molar-refractivity contribution in [2.75, 3.05) is 15.5 Å². The van der Waals surface area contributed by atoms with Crippen LogP contribution in [0, 0.1) is 13.8 Å². The van der Waals surface area contributed by atoms with Crippen LogP contribution < -0.4 is 9.21 Å². The summed E-state index contributed by atoms with van der Waals surface area (Å²) in [6.07, 6.45) is 2.07. The zero-order valence-electron chi connectivity index (χ0n) is 18.9. The maximum atomic E-state index is 13.2. The first kappa shape index (κ1) is 22.1. The molecule has 0 N–H and O–H groups in total. The summed E-state index contributed by atoms with van der Waals surface area (Å²) in [7, 11) is -3.48. The number of amides is 1. The Labute approximate surface area is 190 Å². The normalized spacial score (nSPS) is 15.5. The lowest BCUT2D eigenvalue weighted by Gasteiger charge is -2.25. The molecule has 1 aliphatic heterocycles. The van der Waals surface area contributed by atoms with E-state index in [2.05, 4.69) is 13.0 Å². The molecule has 1 atom stereocenters. The van der Waals surface area contributed by atoms with Crippen molar-refractivity contribution < 1.29 is 13.2 Å². The zero-order chi connectivity index (χ0) is 23.0. The van der Waals surface area contributed by atoms with E-state index in [4.69, 9.17) is 0 Å². The quantitative estimate of drug-likeness (QED) is 0.560. The summed E-state index contributed by atoms with van der Waals surface area (Å²) in [5.41, 5.74) is 6.14. The molecule has 32 heavy (non-hydrogen) atoms. The topological polar surface area (TPSA) is 57.7 Å². The Balaban J connectivity index is 1.59. The predicted molar refractivity (Wildman–Crippen MR) is 130 cm³/mol. The number of anilines is 2. The van der Waals surface area contributed by atoms with E-state index in [0.717, 1.165) is 28.8 Å². The number of hydrogen-bond donors (Lipinski definition) is 0. The first-order valence-corrected chi connectivity index (χ1v) is 12.6. The van der Waals surface area contributed by atoms with E-state index >= 15 is 0 Å². The summed E-state index contributed by atoms with van der Waals surface area (Å²) >= 11 is 0. The SMILES string of the molecule is Cc1ccc(C)c(N(Cc2ccc(C(=O)N3c4ccccc4CC3C)cc2)S(C)(=O)=O)c1. The molecule has 0 fully saturated rings. The number of sulfonamides is 1. The standard InChI is InChI=1S/C26H28N2O3S/c1-18-9-10-19(2)25(15-18)27(32(4,30)31)17-21-11-13-22(14-12-21)26(29)28-20(3)16-23-7-5-6-8-24(23)28/h5-15,20H,16-17H2,1-4H3. The number of hydrogen-bond acceptors (Lipinski definition) is 3. The van der Waals surface area contributed by atoms with Crippen molar-refractivity contribution in [3.05, 3.63) is 94.5 Å². The lowest BCUT2D eigenvalue weighted by Crippen LogP contribution is -2.35. The highest BCUT2D eigenvalue weighted by molar-refractivity contribution is 7.92. The van der Waals surface area contributed by atoms with Crippen LogP contribution in [-0.2, 0) is 23.0 Å². The second-order valence-corrected chi connectivity index (χ2v) is 10.5. The highest BCUT2D eigenvalue weighted by Crippen LogP contribution is 2.33. The van der Waals surface area contributed by atoms with Gasteiger partial charge in [0.15, 0.2) is 0 Å². The first-order valence-electron chi connectivity index (χ1n) is 10.7. The molecule has 1 heterocycles. The lowest BCUT2D eigenvalue weighted by molar-refractivity contribution is 0.0981. The molecule has 0 spiro atoms. The summed E-state index contributed by atoms with van der Waals surface area (Å²) in [6.45, 7) is 6.12. The Kier molecular flexibility index (Phi) is 5.82. The molecule has 6 heteroatoms. The Morgan fingerprint density at radius 2 is 1.72 bits per heavy atom. The van der Waals surface area contributed by atoms with Crippen molar-refractivity contribution in [1.82, 2.24) is 0 Å². The van der Waals surface area contributed by atoms with Gasteiger partial charge in [0.05, 0.1) is 18.5 Å². The lowest BCUT2D eigenvalue weighted by atomic mass is 10.1. The molecule has 3 aromatic carbocycles. The van der Waals surface area contributed by atoms with E-state index in [9.17, 15) is 13.2 Å². The maximum absolute atomic E-state index is 13.2. The van der Waals surface area contributed by atoms with Crippen LogP contribution in [0.15, 0.2) is 66.7 Å². The Hall–Kier alpha value is -3.12.